The Hall–Kier alpha value is -2.24. The van der Waals surface area contributed by atoms with Gasteiger partial charge in [-0.1, -0.05) is 20.8 Å². The molecular formula is C20H32N4O2. The van der Waals surface area contributed by atoms with E-state index in [9.17, 15) is 9.59 Å². The van der Waals surface area contributed by atoms with E-state index in [0.29, 0.717) is 23.7 Å². The van der Waals surface area contributed by atoms with Gasteiger partial charge in [0.25, 0.3) is 5.91 Å². The van der Waals surface area contributed by atoms with Gasteiger partial charge in [-0.05, 0) is 42.9 Å². The summed E-state index contributed by atoms with van der Waals surface area (Å²) in [5, 5.41) is 5.83. The van der Waals surface area contributed by atoms with Crippen molar-refractivity contribution in [3.8, 4) is 0 Å². The van der Waals surface area contributed by atoms with Crippen molar-refractivity contribution < 1.29 is 9.59 Å². The maximum atomic E-state index is 12.8. The zero-order valence-electron chi connectivity index (χ0n) is 16.6. The van der Waals surface area contributed by atoms with Crippen molar-refractivity contribution in [1.82, 2.24) is 10.2 Å². The van der Waals surface area contributed by atoms with Crippen LogP contribution < -0.4 is 15.5 Å². The van der Waals surface area contributed by atoms with Crippen LogP contribution in [0.4, 0.5) is 16.2 Å². The molecule has 0 spiro atoms. The van der Waals surface area contributed by atoms with Gasteiger partial charge in [0.2, 0.25) is 0 Å². The van der Waals surface area contributed by atoms with Crippen LogP contribution in [0.25, 0.3) is 0 Å². The van der Waals surface area contributed by atoms with Gasteiger partial charge in [-0.15, -0.1) is 0 Å². The average Bonchev–Trinajstić information content (AvgIpc) is 2.60. The highest BCUT2D eigenvalue weighted by atomic mass is 16.2. The van der Waals surface area contributed by atoms with Gasteiger partial charge in [-0.2, -0.15) is 0 Å². The number of hydrogen-bond donors (Lipinski definition) is 2. The first-order chi connectivity index (χ1) is 12.3. The summed E-state index contributed by atoms with van der Waals surface area (Å²) in [5.41, 5.74) is 2.20. The molecular weight excluding hydrogens is 328 g/mol. The van der Waals surface area contributed by atoms with E-state index in [4.69, 9.17) is 0 Å². The number of benzene rings is 1. The van der Waals surface area contributed by atoms with Crippen molar-refractivity contribution in [3.05, 3.63) is 23.8 Å². The van der Waals surface area contributed by atoms with E-state index in [2.05, 4.69) is 36.3 Å². The average molecular weight is 361 g/mol. The summed E-state index contributed by atoms with van der Waals surface area (Å²) in [5.74, 6) is 1.02. The molecule has 6 nitrogen and oxygen atoms in total. The largest absolute Gasteiger partial charge is 0.371 e. The van der Waals surface area contributed by atoms with E-state index >= 15 is 0 Å². The third-order valence-corrected chi connectivity index (χ3v) is 4.69. The summed E-state index contributed by atoms with van der Waals surface area (Å²) in [6, 6.07) is 5.39. The molecule has 2 N–H and O–H groups in total. The quantitative estimate of drug-likeness (QED) is 0.846. The first-order valence-electron chi connectivity index (χ1n) is 9.43. The van der Waals surface area contributed by atoms with Crippen molar-refractivity contribution in [1.29, 1.82) is 0 Å². The van der Waals surface area contributed by atoms with Crippen LogP contribution in [0.1, 0.15) is 44.0 Å². The second kappa shape index (κ2) is 8.92. The number of carbonyl (C=O) groups is 2. The molecule has 0 radical (unpaired) electrons. The van der Waals surface area contributed by atoms with Gasteiger partial charge in [-0.25, -0.2) is 4.79 Å². The standard InChI is InChI=1S/C20H32N4O2/c1-14(2)13-21-19(25)17-12-16(22-20(26)23(4)5)6-7-18(17)24-10-8-15(3)9-11-24/h6-7,12,14-15H,8-11,13H2,1-5H3,(H,21,25)(H,22,26). The minimum Gasteiger partial charge on any atom is -0.371 e. The summed E-state index contributed by atoms with van der Waals surface area (Å²) >= 11 is 0. The first kappa shape index (κ1) is 20.1. The lowest BCUT2D eigenvalue weighted by Crippen LogP contribution is -2.35. The highest BCUT2D eigenvalue weighted by Crippen LogP contribution is 2.28. The molecule has 1 aromatic carbocycles. The van der Waals surface area contributed by atoms with E-state index in [1.54, 1.807) is 20.2 Å². The summed E-state index contributed by atoms with van der Waals surface area (Å²) in [6.45, 7) is 8.95. The summed E-state index contributed by atoms with van der Waals surface area (Å²) < 4.78 is 0. The molecule has 0 bridgehead atoms. The fourth-order valence-electron chi connectivity index (χ4n) is 2.95. The summed E-state index contributed by atoms with van der Waals surface area (Å²) in [6.07, 6.45) is 2.26. The molecule has 2 rings (SSSR count). The van der Waals surface area contributed by atoms with Gasteiger partial charge in [-0.3, -0.25) is 4.79 Å². The molecule has 0 aromatic heterocycles. The van der Waals surface area contributed by atoms with Gasteiger partial charge in [0, 0.05) is 45.1 Å². The number of carbonyl (C=O) groups excluding carboxylic acids is 2. The Bertz CT molecular complexity index is 635. The van der Waals surface area contributed by atoms with Gasteiger partial charge in [0.15, 0.2) is 0 Å². The van der Waals surface area contributed by atoms with Gasteiger partial charge >= 0.3 is 6.03 Å². The van der Waals surface area contributed by atoms with Crippen LogP contribution in [0.15, 0.2) is 18.2 Å². The van der Waals surface area contributed by atoms with E-state index in [1.165, 1.54) is 4.90 Å². The molecule has 1 aromatic rings. The molecule has 1 aliphatic heterocycles. The molecule has 1 fully saturated rings. The number of piperidine rings is 1. The third kappa shape index (κ3) is 5.38. The van der Waals surface area contributed by atoms with E-state index in [-0.39, 0.29) is 11.9 Å². The maximum Gasteiger partial charge on any atom is 0.321 e. The zero-order valence-corrected chi connectivity index (χ0v) is 16.6. The smallest absolute Gasteiger partial charge is 0.321 e. The SMILES string of the molecule is CC(C)CNC(=O)c1cc(NC(=O)N(C)C)ccc1N1CCC(C)CC1. The summed E-state index contributed by atoms with van der Waals surface area (Å²) in [7, 11) is 3.38. The lowest BCUT2D eigenvalue weighted by molar-refractivity contribution is 0.0949. The van der Waals surface area contributed by atoms with Crippen LogP contribution in [-0.4, -0.2) is 50.6 Å². The second-order valence-corrected chi connectivity index (χ2v) is 7.83. The van der Waals surface area contributed by atoms with Crippen LogP contribution >= 0.6 is 0 Å². The first-order valence-corrected chi connectivity index (χ1v) is 9.43. The Labute approximate surface area is 156 Å². The van der Waals surface area contributed by atoms with Crippen LogP contribution in [0.2, 0.25) is 0 Å². The molecule has 3 amide bonds. The van der Waals surface area contributed by atoms with Crippen molar-refractivity contribution in [2.24, 2.45) is 11.8 Å². The van der Waals surface area contributed by atoms with E-state index in [0.717, 1.165) is 37.5 Å². The number of hydrogen-bond acceptors (Lipinski definition) is 3. The highest BCUT2D eigenvalue weighted by molar-refractivity contribution is 6.02. The van der Waals surface area contributed by atoms with Crippen LogP contribution in [0.5, 0.6) is 0 Å². The molecule has 0 unspecified atom stereocenters. The lowest BCUT2D eigenvalue weighted by Gasteiger charge is -2.33. The van der Waals surface area contributed by atoms with Crippen LogP contribution in [0.3, 0.4) is 0 Å². The molecule has 0 atom stereocenters. The van der Waals surface area contributed by atoms with Crippen molar-refractivity contribution >= 4 is 23.3 Å². The normalized spacial score (nSPS) is 15.1. The lowest BCUT2D eigenvalue weighted by atomic mass is 9.97. The molecule has 26 heavy (non-hydrogen) atoms. The fraction of sp³-hybridized carbons (Fsp3) is 0.600. The number of rotatable bonds is 5. The number of amides is 3. The molecule has 144 valence electrons. The molecule has 0 aliphatic carbocycles. The number of urea groups is 1. The minimum absolute atomic E-state index is 0.0896. The van der Waals surface area contributed by atoms with Gasteiger partial charge < -0.3 is 20.4 Å². The Morgan fingerprint density at radius 3 is 2.46 bits per heavy atom. The Kier molecular flexibility index (Phi) is 6.89. The Morgan fingerprint density at radius 1 is 1.23 bits per heavy atom. The van der Waals surface area contributed by atoms with Crippen LogP contribution in [0, 0.1) is 11.8 Å². The van der Waals surface area contributed by atoms with E-state index < -0.39 is 0 Å². The summed E-state index contributed by atoms with van der Waals surface area (Å²) in [4.78, 5) is 28.5. The zero-order chi connectivity index (χ0) is 19.3. The molecule has 1 heterocycles. The van der Waals surface area contributed by atoms with Gasteiger partial charge in [0.1, 0.15) is 0 Å². The fourth-order valence-corrected chi connectivity index (χ4v) is 2.95. The molecule has 1 saturated heterocycles. The third-order valence-electron chi connectivity index (χ3n) is 4.69. The van der Waals surface area contributed by atoms with Crippen molar-refractivity contribution in [2.75, 3.05) is 43.9 Å². The Balaban J connectivity index is 2.27. The number of nitrogens with one attached hydrogen (secondary N) is 2. The monoisotopic (exact) mass is 360 g/mol. The predicted molar refractivity (Wildman–Crippen MR) is 107 cm³/mol. The van der Waals surface area contributed by atoms with Crippen LogP contribution in [-0.2, 0) is 0 Å². The second-order valence-electron chi connectivity index (χ2n) is 7.83. The van der Waals surface area contributed by atoms with Crippen molar-refractivity contribution in [2.45, 2.75) is 33.6 Å². The Morgan fingerprint density at radius 2 is 1.88 bits per heavy atom. The molecule has 6 heteroatoms. The van der Waals surface area contributed by atoms with Gasteiger partial charge in [0.05, 0.1) is 5.56 Å². The molecule has 1 aliphatic rings. The number of nitrogens with zero attached hydrogens (tertiary/aromatic N) is 2. The number of anilines is 2. The van der Waals surface area contributed by atoms with Crippen molar-refractivity contribution in [3.63, 3.8) is 0 Å². The molecule has 0 saturated carbocycles. The topological polar surface area (TPSA) is 64.7 Å². The predicted octanol–water partition coefficient (Wildman–Crippen LogP) is 3.40. The van der Waals surface area contributed by atoms with E-state index in [1.807, 2.05) is 12.1 Å². The minimum atomic E-state index is -0.210. The highest BCUT2D eigenvalue weighted by Gasteiger charge is 2.22. The maximum absolute atomic E-state index is 12.8.